The van der Waals surface area contributed by atoms with E-state index in [9.17, 15) is 9.59 Å². The number of carbonyl (C=O) groups is 2. The van der Waals surface area contributed by atoms with E-state index in [4.69, 9.17) is 5.11 Å². The second-order valence-corrected chi connectivity index (χ2v) is 4.46. The zero-order chi connectivity index (χ0) is 15.0. The van der Waals surface area contributed by atoms with Gasteiger partial charge in [0.25, 0.3) is 0 Å². The molecule has 0 unspecified atom stereocenters. The summed E-state index contributed by atoms with van der Waals surface area (Å²) in [5, 5.41) is 11.7. The van der Waals surface area contributed by atoms with Crippen molar-refractivity contribution in [1.82, 2.24) is 0 Å². The van der Waals surface area contributed by atoms with Crippen LogP contribution in [0.4, 0.5) is 5.69 Å². The van der Waals surface area contributed by atoms with Gasteiger partial charge >= 0.3 is 5.97 Å². The van der Waals surface area contributed by atoms with Crippen molar-refractivity contribution in [3.8, 4) is 0 Å². The Morgan fingerprint density at radius 3 is 2.35 bits per heavy atom. The Labute approximate surface area is 118 Å². The van der Waals surface area contributed by atoms with E-state index in [1.54, 1.807) is 36.4 Å². The topological polar surface area (TPSA) is 66.4 Å². The first-order valence-electron chi connectivity index (χ1n) is 6.40. The van der Waals surface area contributed by atoms with Crippen molar-refractivity contribution >= 4 is 17.6 Å². The molecule has 0 saturated carbocycles. The standard InChI is InChI=1S/C16H19NO3/c1-3-7-12(8-4-2)16(20)17-14-10-6-5-9-13(14)11-15(18)19/h3-6,9-10,12H,1-2,7-8,11H2,(H,17,20)(H,18,19). The van der Waals surface area contributed by atoms with Crippen molar-refractivity contribution in [1.29, 1.82) is 0 Å². The van der Waals surface area contributed by atoms with Gasteiger partial charge in [0.1, 0.15) is 0 Å². The third-order valence-corrected chi connectivity index (χ3v) is 2.89. The van der Waals surface area contributed by atoms with E-state index in [0.29, 0.717) is 24.1 Å². The molecule has 0 bridgehead atoms. The van der Waals surface area contributed by atoms with Crippen LogP contribution < -0.4 is 5.32 Å². The summed E-state index contributed by atoms with van der Waals surface area (Å²) in [4.78, 5) is 23.0. The fourth-order valence-corrected chi connectivity index (χ4v) is 1.91. The smallest absolute Gasteiger partial charge is 0.307 e. The third kappa shape index (κ3) is 4.72. The molecule has 1 aromatic rings. The summed E-state index contributed by atoms with van der Waals surface area (Å²) in [6.07, 6.45) is 4.37. The van der Waals surface area contributed by atoms with E-state index in [1.807, 2.05) is 0 Å². The number of hydrogen-bond donors (Lipinski definition) is 2. The van der Waals surface area contributed by atoms with Crippen LogP contribution in [0.15, 0.2) is 49.6 Å². The van der Waals surface area contributed by atoms with Crippen LogP contribution in [0.3, 0.4) is 0 Å². The van der Waals surface area contributed by atoms with Gasteiger partial charge in [0.2, 0.25) is 5.91 Å². The maximum absolute atomic E-state index is 12.2. The molecule has 0 heterocycles. The number of carboxylic acid groups (broad SMARTS) is 1. The SMILES string of the molecule is C=CCC(CC=C)C(=O)Nc1ccccc1CC(=O)O. The summed E-state index contributed by atoms with van der Waals surface area (Å²) in [5.41, 5.74) is 1.13. The van der Waals surface area contributed by atoms with E-state index in [1.165, 1.54) is 0 Å². The number of benzene rings is 1. The molecule has 1 amide bonds. The van der Waals surface area contributed by atoms with Crippen LogP contribution in [-0.2, 0) is 16.0 Å². The highest BCUT2D eigenvalue weighted by molar-refractivity contribution is 5.94. The van der Waals surface area contributed by atoms with E-state index in [2.05, 4.69) is 18.5 Å². The van der Waals surface area contributed by atoms with Gasteiger partial charge in [0.15, 0.2) is 0 Å². The van der Waals surface area contributed by atoms with Crippen molar-refractivity contribution < 1.29 is 14.7 Å². The van der Waals surface area contributed by atoms with Crippen LogP contribution in [-0.4, -0.2) is 17.0 Å². The summed E-state index contributed by atoms with van der Waals surface area (Å²) in [7, 11) is 0. The number of allylic oxidation sites excluding steroid dienone is 2. The van der Waals surface area contributed by atoms with Crippen molar-refractivity contribution in [3.63, 3.8) is 0 Å². The van der Waals surface area contributed by atoms with E-state index >= 15 is 0 Å². The predicted octanol–water partition coefficient (Wildman–Crippen LogP) is 3.02. The van der Waals surface area contributed by atoms with Crippen LogP contribution >= 0.6 is 0 Å². The number of nitrogens with one attached hydrogen (secondary N) is 1. The van der Waals surface area contributed by atoms with E-state index < -0.39 is 5.97 Å². The molecule has 106 valence electrons. The van der Waals surface area contributed by atoms with Crippen LogP contribution in [0, 0.1) is 5.92 Å². The average Bonchev–Trinajstić information content (AvgIpc) is 2.40. The number of carbonyl (C=O) groups excluding carboxylic acids is 1. The highest BCUT2D eigenvalue weighted by Crippen LogP contribution is 2.19. The maximum atomic E-state index is 12.2. The van der Waals surface area contributed by atoms with Crippen LogP contribution in [0.5, 0.6) is 0 Å². The molecule has 0 aliphatic rings. The van der Waals surface area contributed by atoms with Crippen molar-refractivity contribution in [2.45, 2.75) is 19.3 Å². The lowest BCUT2D eigenvalue weighted by atomic mass is 10.00. The normalized spacial score (nSPS) is 10.1. The molecule has 0 aromatic heterocycles. The lowest BCUT2D eigenvalue weighted by Gasteiger charge is -2.15. The molecule has 0 fully saturated rings. The first kappa shape index (κ1) is 15.7. The highest BCUT2D eigenvalue weighted by atomic mass is 16.4. The predicted molar refractivity (Wildman–Crippen MR) is 79.5 cm³/mol. The Bertz CT molecular complexity index is 498. The van der Waals surface area contributed by atoms with Gasteiger partial charge in [-0.3, -0.25) is 9.59 Å². The Morgan fingerprint density at radius 1 is 1.20 bits per heavy atom. The summed E-state index contributed by atoms with van der Waals surface area (Å²) in [6, 6.07) is 6.91. The Balaban J connectivity index is 2.85. The number of anilines is 1. The van der Waals surface area contributed by atoms with Gasteiger partial charge in [-0.25, -0.2) is 0 Å². The Hall–Kier alpha value is -2.36. The number of carboxylic acids is 1. The van der Waals surface area contributed by atoms with Gasteiger partial charge in [0, 0.05) is 11.6 Å². The molecule has 1 rings (SSSR count). The zero-order valence-electron chi connectivity index (χ0n) is 11.3. The van der Waals surface area contributed by atoms with Gasteiger partial charge in [-0.15, -0.1) is 13.2 Å². The van der Waals surface area contributed by atoms with Crippen molar-refractivity contribution in [3.05, 3.63) is 55.1 Å². The average molecular weight is 273 g/mol. The molecule has 0 spiro atoms. The van der Waals surface area contributed by atoms with E-state index in [-0.39, 0.29) is 18.2 Å². The number of para-hydroxylation sites is 1. The fraction of sp³-hybridized carbons (Fsp3) is 0.250. The minimum Gasteiger partial charge on any atom is -0.481 e. The molecule has 0 saturated heterocycles. The zero-order valence-corrected chi connectivity index (χ0v) is 11.3. The quantitative estimate of drug-likeness (QED) is 0.715. The highest BCUT2D eigenvalue weighted by Gasteiger charge is 2.17. The summed E-state index contributed by atoms with van der Waals surface area (Å²) in [6.45, 7) is 7.27. The number of amides is 1. The first-order valence-corrected chi connectivity index (χ1v) is 6.40. The summed E-state index contributed by atoms with van der Waals surface area (Å²) < 4.78 is 0. The van der Waals surface area contributed by atoms with Crippen LogP contribution in [0.2, 0.25) is 0 Å². The molecule has 2 N–H and O–H groups in total. The molecular weight excluding hydrogens is 254 g/mol. The summed E-state index contributed by atoms with van der Waals surface area (Å²) >= 11 is 0. The Morgan fingerprint density at radius 2 is 1.80 bits per heavy atom. The van der Waals surface area contributed by atoms with Gasteiger partial charge in [-0.1, -0.05) is 30.4 Å². The van der Waals surface area contributed by atoms with Gasteiger partial charge in [-0.2, -0.15) is 0 Å². The molecule has 20 heavy (non-hydrogen) atoms. The second-order valence-electron chi connectivity index (χ2n) is 4.46. The third-order valence-electron chi connectivity index (χ3n) is 2.89. The molecule has 4 heteroatoms. The number of aliphatic carboxylic acids is 1. The molecule has 0 aliphatic heterocycles. The van der Waals surface area contributed by atoms with Crippen LogP contribution in [0.1, 0.15) is 18.4 Å². The van der Waals surface area contributed by atoms with Crippen molar-refractivity contribution in [2.75, 3.05) is 5.32 Å². The van der Waals surface area contributed by atoms with E-state index in [0.717, 1.165) is 0 Å². The molecule has 0 atom stereocenters. The van der Waals surface area contributed by atoms with Crippen LogP contribution in [0.25, 0.3) is 0 Å². The molecule has 4 nitrogen and oxygen atoms in total. The minimum atomic E-state index is -0.930. The number of hydrogen-bond acceptors (Lipinski definition) is 2. The summed E-state index contributed by atoms with van der Waals surface area (Å²) in [5.74, 6) is -1.31. The molecule has 0 radical (unpaired) electrons. The monoisotopic (exact) mass is 273 g/mol. The number of rotatable bonds is 8. The molecular formula is C16H19NO3. The fourth-order valence-electron chi connectivity index (χ4n) is 1.91. The van der Waals surface area contributed by atoms with Gasteiger partial charge in [-0.05, 0) is 24.5 Å². The minimum absolute atomic E-state index is 0.121. The van der Waals surface area contributed by atoms with Crippen molar-refractivity contribution in [2.24, 2.45) is 5.92 Å². The van der Waals surface area contributed by atoms with Gasteiger partial charge < -0.3 is 10.4 Å². The second kappa shape index (κ2) is 7.94. The lowest BCUT2D eigenvalue weighted by Crippen LogP contribution is -2.23. The maximum Gasteiger partial charge on any atom is 0.307 e. The molecule has 0 aliphatic carbocycles. The molecule has 1 aromatic carbocycles. The van der Waals surface area contributed by atoms with Gasteiger partial charge in [0.05, 0.1) is 6.42 Å². The largest absolute Gasteiger partial charge is 0.481 e. The Kier molecular flexibility index (Phi) is 6.23. The lowest BCUT2D eigenvalue weighted by molar-refractivity contribution is -0.136. The first-order chi connectivity index (χ1) is 9.58.